The fourth-order valence-corrected chi connectivity index (χ4v) is 1.70. The van der Waals surface area contributed by atoms with Gasteiger partial charge in [-0.05, 0) is 44.2 Å². The van der Waals surface area contributed by atoms with Crippen molar-refractivity contribution >= 4 is 11.6 Å². The number of halogens is 1. The molecule has 0 aliphatic rings. The van der Waals surface area contributed by atoms with E-state index in [9.17, 15) is 14.3 Å². The van der Waals surface area contributed by atoms with Crippen LogP contribution in [0.25, 0.3) is 0 Å². The van der Waals surface area contributed by atoms with Crippen LogP contribution in [0.4, 0.5) is 10.1 Å². The summed E-state index contributed by atoms with van der Waals surface area (Å²) in [7, 11) is 0. The SMILES string of the molecule is Cc1ccc(NC(=O)c2cc(F)ccc2O)c(C)n1. The summed E-state index contributed by atoms with van der Waals surface area (Å²) in [6, 6.07) is 6.69. The molecule has 0 aliphatic carbocycles. The van der Waals surface area contributed by atoms with Crippen LogP contribution in [0.1, 0.15) is 21.7 Å². The predicted molar refractivity (Wildman–Crippen MR) is 69.7 cm³/mol. The highest BCUT2D eigenvalue weighted by molar-refractivity contribution is 6.06. The van der Waals surface area contributed by atoms with E-state index in [1.807, 2.05) is 6.92 Å². The number of rotatable bonds is 2. The maximum atomic E-state index is 13.1. The van der Waals surface area contributed by atoms with E-state index in [0.29, 0.717) is 11.4 Å². The molecule has 0 atom stereocenters. The summed E-state index contributed by atoms with van der Waals surface area (Å²) in [5, 5.41) is 12.1. The summed E-state index contributed by atoms with van der Waals surface area (Å²) in [4.78, 5) is 16.2. The zero-order valence-corrected chi connectivity index (χ0v) is 10.6. The second-order valence-corrected chi connectivity index (χ2v) is 4.20. The van der Waals surface area contributed by atoms with Crippen molar-refractivity contribution < 1.29 is 14.3 Å². The second kappa shape index (κ2) is 5.06. The lowest BCUT2D eigenvalue weighted by Gasteiger charge is -2.09. The minimum atomic E-state index is -0.582. The molecule has 1 amide bonds. The number of aromatic hydroxyl groups is 1. The van der Waals surface area contributed by atoms with Crippen LogP contribution in [-0.2, 0) is 0 Å². The maximum Gasteiger partial charge on any atom is 0.259 e. The third kappa shape index (κ3) is 2.88. The van der Waals surface area contributed by atoms with E-state index in [4.69, 9.17) is 0 Å². The average Bonchev–Trinajstić information content (AvgIpc) is 2.35. The Morgan fingerprint density at radius 2 is 2.00 bits per heavy atom. The number of aryl methyl sites for hydroxylation is 2. The van der Waals surface area contributed by atoms with Gasteiger partial charge in [-0.3, -0.25) is 9.78 Å². The summed E-state index contributed by atoms with van der Waals surface area (Å²) >= 11 is 0. The van der Waals surface area contributed by atoms with Crippen LogP contribution >= 0.6 is 0 Å². The van der Waals surface area contributed by atoms with Gasteiger partial charge in [0.25, 0.3) is 5.91 Å². The van der Waals surface area contributed by atoms with Crippen molar-refractivity contribution in [3.05, 3.63) is 53.1 Å². The highest BCUT2D eigenvalue weighted by Crippen LogP contribution is 2.20. The van der Waals surface area contributed by atoms with E-state index in [-0.39, 0.29) is 11.3 Å². The summed E-state index contributed by atoms with van der Waals surface area (Å²) in [6.45, 7) is 3.60. The molecule has 2 N–H and O–H groups in total. The molecule has 5 heteroatoms. The Morgan fingerprint density at radius 1 is 1.26 bits per heavy atom. The van der Waals surface area contributed by atoms with Crippen molar-refractivity contribution in [1.29, 1.82) is 0 Å². The summed E-state index contributed by atoms with van der Waals surface area (Å²) in [5.41, 5.74) is 1.91. The van der Waals surface area contributed by atoms with Crippen LogP contribution < -0.4 is 5.32 Å². The number of aromatic nitrogens is 1. The molecule has 0 aliphatic heterocycles. The minimum Gasteiger partial charge on any atom is -0.507 e. The van der Waals surface area contributed by atoms with Crippen LogP contribution in [0.5, 0.6) is 5.75 Å². The number of nitrogens with zero attached hydrogens (tertiary/aromatic N) is 1. The molecule has 0 fully saturated rings. The van der Waals surface area contributed by atoms with E-state index < -0.39 is 11.7 Å². The van der Waals surface area contributed by atoms with Crippen LogP contribution in [0.3, 0.4) is 0 Å². The molecule has 1 heterocycles. The van der Waals surface area contributed by atoms with Crippen molar-refractivity contribution in [3.8, 4) is 5.75 Å². The van der Waals surface area contributed by atoms with Gasteiger partial charge in [-0.15, -0.1) is 0 Å². The van der Waals surface area contributed by atoms with Crippen LogP contribution in [-0.4, -0.2) is 16.0 Å². The van der Waals surface area contributed by atoms with Gasteiger partial charge < -0.3 is 10.4 Å². The zero-order chi connectivity index (χ0) is 14.0. The minimum absolute atomic E-state index is 0.111. The highest BCUT2D eigenvalue weighted by atomic mass is 19.1. The highest BCUT2D eigenvalue weighted by Gasteiger charge is 2.13. The van der Waals surface area contributed by atoms with Gasteiger partial charge in [-0.25, -0.2) is 4.39 Å². The molecular formula is C14H13FN2O2. The molecule has 19 heavy (non-hydrogen) atoms. The third-order valence-electron chi connectivity index (χ3n) is 2.68. The Hall–Kier alpha value is -2.43. The first-order valence-electron chi connectivity index (χ1n) is 5.71. The Balaban J connectivity index is 2.28. The van der Waals surface area contributed by atoms with E-state index in [1.165, 1.54) is 0 Å². The third-order valence-corrected chi connectivity index (χ3v) is 2.68. The Kier molecular flexibility index (Phi) is 3.46. The molecule has 0 saturated carbocycles. The molecule has 0 saturated heterocycles. The molecule has 0 bridgehead atoms. The Bertz CT molecular complexity index is 641. The quantitative estimate of drug-likeness (QED) is 0.872. The summed E-state index contributed by atoms with van der Waals surface area (Å²) < 4.78 is 13.1. The number of nitrogens with one attached hydrogen (secondary N) is 1. The van der Waals surface area contributed by atoms with Crippen LogP contribution in [0.2, 0.25) is 0 Å². The normalized spacial score (nSPS) is 10.3. The number of pyridine rings is 1. The zero-order valence-electron chi connectivity index (χ0n) is 10.6. The molecule has 4 nitrogen and oxygen atoms in total. The molecule has 98 valence electrons. The van der Waals surface area contributed by atoms with Crippen molar-refractivity contribution in [2.45, 2.75) is 13.8 Å². The monoisotopic (exact) mass is 260 g/mol. The van der Waals surface area contributed by atoms with Crippen molar-refractivity contribution in [3.63, 3.8) is 0 Å². The van der Waals surface area contributed by atoms with Gasteiger partial charge >= 0.3 is 0 Å². The molecule has 1 aromatic carbocycles. The summed E-state index contributed by atoms with van der Waals surface area (Å²) in [6.07, 6.45) is 0. The van der Waals surface area contributed by atoms with E-state index in [1.54, 1.807) is 19.1 Å². The van der Waals surface area contributed by atoms with Gasteiger partial charge in [0.1, 0.15) is 11.6 Å². The van der Waals surface area contributed by atoms with Crippen LogP contribution in [0.15, 0.2) is 30.3 Å². The number of carbonyl (C=O) groups is 1. The Labute approximate surface area is 109 Å². The van der Waals surface area contributed by atoms with E-state index in [2.05, 4.69) is 10.3 Å². The molecule has 2 rings (SSSR count). The summed E-state index contributed by atoms with van der Waals surface area (Å²) in [5.74, 6) is -1.43. The largest absolute Gasteiger partial charge is 0.507 e. The van der Waals surface area contributed by atoms with Gasteiger partial charge in [0.05, 0.1) is 16.9 Å². The molecule has 2 aromatic rings. The molecule has 0 spiro atoms. The molecular weight excluding hydrogens is 247 g/mol. The lowest BCUT2D eigenvalue weighted by atomic mass is 10.1. The van der Waals surface area contributed by atoms with Crippen molar-refractivity contribution in [2.24, 2.45) is 0 Å². The topological polar surface area (TPSA) is 62.2 Å². The first-order valence-corrected chi connectivity index (χ1v) is 5.71. The van der Waals surface area contributed by atoms with Gasteiger partial charge in [0, 0.05) is 5.69 Å². The number of anilines is 1. The first-order chi connectivity index (χ1) is 8.97. The molecule has 0 unspecified atom stereocenters. The van der Waals surface area contributed by atoms with Crippen LogP contribution in [0, 0.1) is 19.7 Å². The van der Waals surface area contributed by atoms with Gasteiger partial charge in [0.2, 0.25) is 0 Å². The van der Waals surface area contributed by atoms with Gasteiger partial charge in [0.15, 0.2) is 0 Å². The van der Waals surface area contributed by atoms with E-state index >= 15 is 0 Å². The predicted octanol–water partition coefficient (Wildman–Crippen LogP) is 2.80. The number of phenolic OH excluding ortho intramolecular Hbond substituents is 1. The average molecular weight is 260 g/mol. The smallest absolute Gasteiger partial charge is 0.259 e. The fraction of sp³-hybridized carbons (Fsp3) is 0.143. The van der Waals surface area contributed by atoms with Crippen molar-refractivity contribution in [2.75, 3.05) is 5.32 Å². The molecule has 0 radical (unpaired) electrons. The molecule has 1 aromatic heterocycles. The first kappa shape index (κ1) is 13.0. The lowest BCUT2D eigenvalue weighted by molar-refractivity contribution is 0.102. The number of hydrogen-bond donors (Lipinski definition) is 2. The van der Waals surface area contributed by atoms with Gasteiger partial charge in [-0.2, -0.15) is 0 Å². The number of amides is 1. The number of phenols is 1. The Morgan fingerprint density at radius 3 is 2.68 bits per heavy atom. The number of benzene rings is 1. The maximum absolute atomic E-state index is 13.1. The van der Waals surface area contributed by atoms with Gasteiger partial charge in [-0.1, -0.05) is 0 Å². The number of hydrogen-bond acceptors (Lipinski definition) is 3. The standard InChI is InChI=1S/C14H13FN2O2/c1-8-3-5-12(9(2)16-8)17-14(19)11-7-10(15)4-6-13(11)18/h3-7,18H,1-2H3,(H,17,19). The fourth-order valence-electron chi connectivity index (χ4n) is 1.70. The van der Waals surface area contributed by atoms with Crippen molar-refractivity contribution in [1.82, 2.24) is 4.98 Å². The van der Waals surface area contributed by atoms with E-state index in [0.717, 1.165) is 23.9 Å². The second-order valence-electron chi connectivity index (χ2n) is 4.20. The number of carbonyl (C=O) groups excluding carboxylic acids is 1. The lowest BCUT2D eigenvalue weighted by Crippen LogP contribution is -2.13.